The Morgan fingerprint density at radius 3 is 2.33 bits per heavy atom. The lowest BCUT2D eigenvalue weighted by Gasteiger charge is -1.82. The van der Waals surface area contributed by atoms with Crippen LogP contribution in [0.3, 0.4) is 0 Å². The van der Waals surface area contributed by atoms with Gasteiger partial charge in [-0.2, -0.15) is 8.42 Å². The third-order valence-corrected chi connectivity index (χ3v) is 1.41. The van der Waals surface area contributed by atoms with Gasteiger partial charge in [0.1, 0.15) is 0 Å². The lowest BCUT2D eigenvalue weighted by atomic mass is 10.7. The van der Waals surface area contributed by atoms with Crippen LogP contribution in [-0.4, -0.2) is 26.0 Å². The van der Waals surface area contributed by atoms with Crippen LogP contribution in [0.1, 0.15) is 0 Å². The summed E-state index contributed by atoms with van der Waals surface area (Å²) >= 11 is 0. The molecular formula is C3H4N2O3S. The number of rotatable bonds is 0. The first-order valence-corrected chi connectivity index (χ1v) is 3.27. The first-order chi connectivity index (χ1) is 4.20. The normalized spacial score (nSPS) is 17.8. The largest absolute Gasteiger partial charge is 0.303 e. The van der Waals surface area contributed by atoms with E-state index in [1.165, 1.54) is 0 Å². The van der Waals surface area contributed by atoms with Crippen LogP contribution in [0.5, 0.6) is 0 Å². The topological polar surface area (TPSA) is 75.3 Å². The second kappa shape index (κ2) is 2.16. The van der Waals surface area contributed by atoms with E-state index in [2.05, 4.69) is 10.6 Å². The van der Waals surface area contributed by atoms with Crippen molar-refractivity contribution in [1.29, 1.82) is 0 Å². The molecule has 1 saturated heterocycles. The van der Waals surface area contributed by atoms with Crippen molar-refractivity contribution in [2.45, 2.75) is 0 Å². The van der Waals surface area contributed by atoms with E-state index in [1.807, 2.05) is 0 Å². The predicted octanol–water partition coefficient (Wildman–Crippen LogP) is -2.33. The van der Waals surface area contributed by atoms with Crippen LogP contribution in [-0.2, 0) is 15.1 Å². The van der Waals surface area contributed by atoms with E-state index < -0.39 is 10.3 Å². The number of amides is 1. The fourth-order valence-corrected chi connectivity index (χ4v) is 0.863. The van der Waals surface area contributed by atoms with Gasteiger partial charge in [-0.3, -0.25) is 10.1 Å². The molecule has 0 bridgehead atoms. The Balaban J connectivity index is 2.94. The van der Waals surface area contributed by atoms with E-state index in [9.17, 15) is 13.2 Å². The Morgan fingerprint density at radius 2 is 2.11 bits per heavy atom. The fourth-order valence-electron chi connectivity index (χ4n) is 0.476. The summed E-state index contributed by atoms with van der Waals surface area (Å²) < 4.78 is 20.1. The van der Waals surface area contributed by atoms with E-state index in [4.69, 9.17) is 0 Å². The summed E-state index contributed by atoms with van der Waals surface area (Å²) in [6.07, 6.45) is 0. The van der Waals surface area contributed by atoms with Crippen molar-refractivity contribution in [2.24, 2.45) is 0 Å². The maximum Gasteiger partial charge on any atom is 0.250 e. The molecule has 1 fully saturated rings. The molecule has 1 amide bonds. The Kier molecular flexibility index (Phi) is 1.50. The van der Waals surface area contributed by atoms with Gasteiger partial charge in [0.25, 0.3) is 0 Å². The minimum absolute atomic E-state index is 0.0450. The number of carbonyl (C=O) groups excluding carboxylic acids is 1. The van der Waals surface area contributed by atoms with Crippen LogP contribution < -0.4 is 10.6 Å². The number of hydrogen-bond donors (Lipinski definition) is 2. The highest BCUT2D eigenvalue weighted by atomic mass is 32.2. The summed E-state index contributed by atoms with van der Waals surface area (Å²) in [7, 11) is -2.34. The molecule has 0 radical (unpaired) electrons. The summed E-state index contributed by atoms with van der Waals surface area (Å²) in [5, 5.41) is 4.32. The van der Waals surface area contributed by atoms with Crippen molar-refractivity contribution < 1.29 is 13.2 Å². The molecule has 5 nitrogen and oxygen atoms in total. The van der Waals surface area contributed by atoms with Crippen LogP contribution in [0, 0.1) is 0 Å². The van der Waals surface area contributed by atoms with Crippen molar-refractivity contribution in [3.8, 4) is 0 Å². The van der Waals surface area contributed by atoms with Gasteiger partial charge in [-0.1, -0.05) is 0 Å². The highest BCUT2D eigenvalue weighted by Crippen LogP contribution is 1.73. The summed E-state index contributed by atoms with van der Waals surface area (Å²) in [4.78, 5) is 10.3. The Labute approximate surface area is 52.6 Å². The summed E-state index contributed by atoms with van der Waals surface area (Å²) in [5.74, 6) is -0.325. The van der Waals surface area contributed by atoms with E-state index in [1.54, 1.807) is 0 Å². The van der Waals surface area contributed by atoms with E-state index in [-0.39, 0.29) is 17.6 Å². The molecule has 0 atom stereocenters. The molecule has 50 valence electrons. The second-order valence-corrected chi connectivity index (χ2v) is 2.34. The minimum atomic E-state index is -2.34. The van der Waals surface area contributed by atoms with Gasteiger partial charge < -0.3 is 5.32 Å². The van der Waals surface area contributed by atoms with Gasteiger partial charge in [-0.25, -0.2) is 0 Å². The molecule has 1 aliphatic heterocycles. The van der Waals surface area contributed by atoms with Crippen molar-refractivity contribution in [3.63, 3.8) is 0 Å². The minimum Gasteiger partial charge on any atom is -0.303 e. The fraction of sp³-hybridized carbons (Fsp3) is 0.333. The Hall–Kier alpha value is -0.880. The highest BCUT2D eigenvalue weighted by molar-refractivity contribution is 7.72. The molecule has 0 unspecified atom stereocenters. The maximum absolute atomic E-state index is 10.3. The van der Waals surface area contributed by atoms with E-state index in [0.29, 0.717) is 0 Å². The third kappa shape index (κ3) is 1.27. The lowest BCUT2D eigenvalue weighted by molar-refractivity contribution is -0.117. The molecule has 9 heavy (non-hydrogen) atoms. The van der Waals surface area contributed by atoms with Crippen molar-refractivity contribution >= 4 is 21.3 Å². The van der Waals surface area contributed by atoms with Crippen LogP contribution >= 0.6 is 0 Å². The zero-order valence-electron chi connectivity index (χ0n) is 4.34. The van der Waals surface area contributed by atoms with E-state index >= 15 is 0 Å². The third-order valence-electron chi connectivity index (χ3n) is 0.829. The van der Waals surface area contributed by atoms with E-state index in [0.717, 1.165) is 0 Å². The lowest BCUT2D eigenvalue weighted by Crippen LogP contribution is -2.25. The molecule has 0 spiro atoms. The SMILES string of the molecule is O=C1CNC(=S(=O)=O)N1. The van der Waals surface area contributed by atoms with Crippen LogP contribution in [0.15, 0.2) is 0 Å². The van der Waals surface area contributed by atoms with Crippen molar-refractivity contribution in [3.05, 3.63) is 0 Å². The molecule has 6 heteroatoms. The Bertz CT molecular complexity index is 257. The quantitative estimate of drug-likeness (QED) is 0.378. The summed E-state index contributed by atoms with van der Waals surface area (Å²) in [6, 6.07) is 0. The molecule has 0 aromatic rings. The van der Waals surface area contributed by atoms with Gasteiger partial charge in [-0.05, 0) is 0 Å². The highest BCUT2D eigenvalue weighted by Gasteiger charge is 2.14. The maximum atomic E-state index is 10.3. The Morgan fingerprint density at radius 1 is 1.44 bits per heavy atom. The number of hydrogen-bond acceptors (Lipinski definition) is 3. The summed E-state index contributed by atoms with van der Waals surface area (Å²) in [5.41, 5.74) is 0. The van der Waals surface area contributed by atoms with Gasteiger partial charge in [0, 0.05) is 0 Å². The average Bonchev–Trinajstić information content (AvgIpc) is 2.14. The zero-order valence-corrected chi connectivity index (χ0v) is 5.16. The predicted molar refractivity (Wildman–Crippen MR) is 30.1 cm³/mol. The standard InChI is InChI=1S/C3H4N2O3S/c6-2-1-4-3(5-2)9(7)8/h4H,1H2,(H,5,6). The van der Waals surface area contributed by atoms with Gasteiger partial charge in [0.2, 0.25) is 21.3 Å². The van der Waals surface area contributed by atoms with Crippen LogP contribution in [0.4, 0.5) is 0 Å². The molecular weight excluding hydrogens is 144 g/mol. The van der Waals surface area contributed by atoms with Crippen molar-refractivity contribution in [1.82, 2.24) is 10.6 Å². The molecule has 1 rings (SSSR count). The monoisotopic (exact) mass is 148 g/mol. The first-order valence-electron chi connectivity index (χ1n) is 2.20. The average molecular weight is 148 g/mol. The molecule has 0 aliphatic carbocycles. The van der Waals surface area contributed by atoms with Gasteiger partial charge in [-0.15, -0.1) is 0 Å². The van der Waals surface area contributed by atoms with Gasteiger partial charge in [0.15, 0.2) is 0 Å². The molecule has 0 saturated carbocycles. The molecule has 2 N–H and O–H groups in total. The van der Waals surface area contributed by atoms with Gasteiger partial charge >= 0.3 is 0 Å². The summed E-state index contributed by atoms with van der Waals surface area (Å²) in [6.45, 7) is 0.0450. The van der Waals surface area contributed by atoms with Gasteiger partial charge in [0.05, 0.1) is 6.54 Å². The number of nitrogens with one attached hydrogen (secondary N) is 2. The van der Waals surface area contributed by atoms with Crippen LogP contribution in [0.2, 0.25) is 0 Å². The van der Waals surface area contributed by atoms with Crippen LogP contribution in [0.25, 0.3) is 0 Å². The first kappa shape index (κ1) is 6.24. The second-order valence-electron chi connectivity index (χ2n) is 1.47. The van der Waals surface area contributed by atoms with Crippen molar-refractivity contribution in [2.75, 3.05) is 6.54 Å². The molecule has 1 heterocycles. The molecule has 0 aromatic carbocycles. The number of carbonyl (C=O) groups is 1. The zero-order chi connectivity index (χ0) is 6.85. The molecule has 0 aromatic heterocycles. The molecule has 1 aliphatic rings. The smallest absolute Gasteiger partial charge is 0.250 e.